The third kappa shape index (κ3) is 10.1. The molecule has 0 radical (unpaired) electrons. The first-order valence-corrected chi connectivity index (χ1v) is 14.2. The lowest BCUT2D eigenvalue weighted by atomic mass is 10.0. The van der Waals surface area contributed by atoms with E-state index in [9.17, 15) is 23.1 Å². The molecular formula is C31H39F3N3O3-. The number of rotatable bonds is 17. The minimum absolute atomic E-state index is 0.268. The quantitative estimate of drug-likeness (QED) is 0.164. The topological polar surface area (TPSA) is 82.3 Å². The number of aryl methyl sites for hydroxylation is 1. The summed E-state index contributed by atoms with van der Waals surface area (Å²) in [6.45, 7) is 3.89. The molecule has 218 valence electrons. The van der Waals surface area contributed by atoms with Gasteiger partial charge >= 0.3 is 6.18 Å². The molecule has 0 aliphatic carbocycles. The summed E-state index contributed by atoms with van der Waals surface area (Å²) in [5.74, 6) is -0.143. The molecule has 1 atom stereocenters. The van der Waals surface area contributed by atoms with Gasteiger partial charge in [-0.1, -0.05) is 87.7 Å². The molecule has 9 heteroatoms. The van der Waals surface area contributed by atoms with E-state index >= 15 is 0 Å². The number of benzene rings is 2. The van der Waals surface area contributed by atoms with Gasteiger partial charge in [0.2, 0.25) is 0 Å². The lowest BCUT2D eigenvalue weighted by molar-refractivity contribution is -0.306. The molecule has 0 aliphatic rings. The Balaban J connectivity index is 1.53. The van der Waals surface area contributed by atoms with Gasteiger partial charge in [-0.05, 0) is 48.7 Å². The van der Waals surface area contributed by atoms with Crippen molar-refractivity contribution in [2.75, 3.05) is 6.54 Å². The number of carbonyl (C=O) groups is 1. The number of unbranched alkanes of at least 4 members (excludes halogenated alkanes) is 8. The van der Waals surface area contributed by atoms with Crippen molar-refractivity contribution in [3.63, 3.8) is 0 Å². The number of aliphatic carboxylic acids is 1. The highest BCUT2D eigenvalue weighted by Gasteiger charge is 2.30. The number of nitrogens with zero attached hydrogens (tertiary/aromatic N) is 3. The van der Waals surface area contributed by atoms with Gasteiger partial charge < -0.3 is 14.4 Å². The Morgan fingerprint density at radius 1 is 0.925 bits per heavy atom. The van der Waals surface area contributed by atoms with Crippen LogP contribution in [0.25, 0.3) is 11.5 Å². The normalized spacial score (nSPS) is 12.7. The molecule has 0 amide bonds. The summed E-state index contributed by atoms with van der Waals surface area (Å²) in [5, 5.41) is 15.5. The molecule has 3 rings (SSSR count). The van der Waals surface area contributed by atoms with Gasteiger partial charge in [-0.15, -0.1) is 0 Å². The van der Waals surface area contributed by atoms with Crippen LogP contribution in [0.5, 0.6) is 0 Å². The first-order chi connectivity index (χ1) is 19.2. The van der Waals surface area contributed by atoms with Crippen molar-refractivity contribution in [2.24, 2.45) is 0 Å². The van der Waals surface area contributed by atoms with Crippen LogP contribution in [0, 0.1) is 0 Å². The first-order valence-electron chi connectivity index (χ1n) is 14.2. The Bertz CT molecular complexity index is 1160. The lowest BCUT2D eigenvalue weighted by Crippen LogP contribution is -2.39. The molecule has 0 bridgehead atoms. The second-order valence-electron chi connectivity index (χ2n) is 10.4. The van der Waals surface area contributed by atoms with Crippen molar-refractivity contribution >= 4 is 5.97 Å². The van der Waals surface area contributed by atoms with E-state index < -0.39 is 23.8 Å². The van der Waals surface area contributed by atoms with Crippen LogP contribution in [0.3, 0.4) is 0 Å². The van der Waals surface area contributed by atoms with E-state index in [4.69, 9.17) is 4.52 Å². The van der Waals surface area contributed by atoms with Crippen LogP contribution in [-0.4, -0.2) is 27.6 Å². The van der Waals surface area contributed by atoms with Crippen molar-refractivity contribution in [1.82, 2.24) is 15.0 Å². The van der Waals surface area contributed by atoms with Crippen molar-refractivity contribution in [3.8, 4) is 11.5 Å². The van der Waals surface area contributed by atoms with E-state index in [0.717, 1.165) is 42.5 Å². The van der Waals surface area contributed by atoms with Crippen molar-refractivity contribution in [3.05, 3.63) is 71.0 Å². The van der Waals surface area contributed by atoms with Gasteiger partial charge in [-0.3, -0.25) is 4.90 Å². The second-order valence-corrected chi connectivity index (χ2v) is 10.4. The number of alkyl halides is 3. The van der Waals surface area contributed by atoms with Crippen LogP contribution < -0.4 is 5.11 Å². The SMILES string of the molecule is CCCCCCCCCCCc1noc(-c2ccc(CN(CC(=O)[O-])[C@H](C)c3ccc(C(F)(F)F)cc3)cc2)n1. The minimum Gasteiger partial charge on any atom is -0.549 e. The number of carbonyl (C=O) groups excluding carboxylic acids is 1. The molecule has 1 aromatic heterocycles. The zero-order valence-electron chi connectivity index (χ0n) is 23.4. The van der Waals surface area contributed by atoms with Gasteiger partial charge in [0.05, 0.1) is 11.5 Å². The highest BCUT2D eigenvalue weighted by Crippen LogP contribution is 2.31. The van der Waals surface area contributed by atoms with E-state index in [1.807, 2.05) is 24.3 Å². The second kappa shape index (κ2) is 15.6. The minimum atomic E-state index is -4.43. The number of carboxylic acids is 1. The predicted octanol–water partition coefficient (Wildman–Crippen LogP) is 7.14. The molecule has 0 fully saturated rings. The molecule has 1 heterocycles. The maximum Gasteiger partial charge on any atom is 0.416 e. The average Bonchev–Trinajstić information content (AvgIpc) is 3.40. The molecular weight excluding hydrogens is 519 g/mol. The Labute approximate surface area is 234 Å². The molecule has 0 aliphatic heterocycles. The van der Waals surface area contributed by atoms with Crippen LogP contribution >= 0.6 is 0 Å². The highest BCUT2D eigenvalue weighted by molar-refractivity contribution is 5.66. The summed E-state index contributed by atoms with van der Waals surface area (Å²) in [4.78, 5) is 17.6. The molecule has 0 N–H and O–H groups in total. The van der Waals surface area contributed by atoms with E-state index in [-0.39, 0.29) is 13.1 Å². The number of hydrogen-bond donors (Lipinski definition) is 0. The maximum absolute atomic E-state index is 12.9. The van der Waals surface area contributed by atoms with Crippen molar-refractivity contribution < 1.29 is 27.6 Å². The molecule has 2 aromatic carbocycles. The fourth-order valence-electron chi connectivity index (χ4n) is 4.71. The zero-order chi connectivity index (χ0) is 29.0. The van der Waals surface area contributed by atoms with Gasteiger partial charge in [-0.2, -0.15) is 18.2 Å². The first kappa shape index (κ1) is 31.3. The largest absolute Gasteiger partial charge is 0.549 e. The van der Waals surface area contributed by atoms with Crippen LogP contribution in [0.1, 0.15) is 100 Å². The molecule has 0 saturated heterocycles. The lowest BCUT2D eigenvalue weighted by Gasteiger charge is -2.30. The summed E-state index contributed by atoms with van der Waals surface area (Å²) in [6, 6.07) is 11.7. The summed E-state index contributed by atoms with van der Waals surface area (Å²) in [6.07, 6.45) is 7.60. The number of hydrogen-bond acceptors (Lipinski definition) is 6. The summed E-state index contributed by atoms with van der Waals surface area (Å²) >= 11 is 0. The molecule has 40 heavy (non-hydrogen) atoms. The van der Waals surface area contributed by atoms with Crippen LogP contribution in [0.15, 0.2) is 53.1 Å². The van der Waals surface area contributed by atoms with Crippen LogP contribution in [0.2, 0.25) is 0 Å². The maximum atomic E-state index is 12.9. The van der Waals surface area contributed by atoms with Gasteiger partial charge in [-0.25, -0.2) is 0 Å². The number of carboxylic acid groups (broad SMARTS) is 1. The Kier molecular flexibility index (Phi) is 12.2. The Morgan fingerprint density at radius 2 is 1.52 bits per heavy atom. The summed E-state index contributed by atoms with van der Waals surface area (Å²) < 4.78 is 44.2. The standard InChI is InChI=1S/C31H40F3N3O3/c1-3-4-5-6-7-8-9-10-11-12-28-35-30(40-36-28)26-15-13-24(14-16-26)21-37(22-29(38)39)23(2)25-17-19-27(20-18-25)31(32,33)34/h13-20,23H,3-12,21-22H2,1-2H3,(H,38,39)/p-1/t23-/m1/s1. The van der Waals surface area contributed by atoms with Gasteiger partial charge in [0.15, 0.2) is 5.82 Å². The Hall–Kier alpha value is -3.20. The molecule has 0 unspecified atom stereocenters. The Morgan fingerprint density at radius 3 is 2.10 bits per heavy atom. The average molecular weight is 559 g/mol. The third-order valence-electron chi connectivity index (χ3n) is 7.16. The van der Waals surface area contributed by atoms with Crippen LogP contribution in [0.4, 0.5) is 13.2 Å². The summed E-state index contributed by atoms with van der Waals surface area (Å²) in [5.41, 5.74) is 1.43. The van der Waals surface area contributed by atoms with Crippen molar-refractivity contribution in [2.45, 2.75) is 96.8 Å². The molecule has 6 nitrogen and oxygen atoms in total. The van der Waals surface area contributed by atoms with Gasteiger partial charge in [0.1, 0.15) is 0 Å². The van der Waals surface area contributed by atoms with E-state index in [2.05, 4.69) is 17.1 Å². The highest BCUT2D eigenvalue weighted by atomic mass is 19.4. The number of aromatic nitrogens is 2. The van der Waals surface area contributed by atoms with E-state index in [0.29, 0.717) is 17.3 Å². The molecule has 0 saturated carbocycles. The zero-order valence-corrected chi connectivity index (χ0v) is 23.4. The third-order valence-corrected chi connectivity index (χ3v) is 7.16. The number of halogens is 3. The molecule has 0 spiro atoms. The monoisotopic (exact) mass is 558 g/mol. The van der Waals surface area contributed by atoms with Gasteiger partial charge in [0, 0.05) is 31.1 Å². The van der Waals surface area contributed by atoms with Crippen molar-refractivity contribution in [1.29, 1.82) is 0 Å². The van der Waals surface area contributed by atoms with Gasteiger partial charge in [0.25, 0.3) is 5.89 Å². The predicted molar refractivity (Wildman–Crippen MR) is 146 cm³/mol. The molecule has 3 aromatic rings. The summed E-state index contributed by atoms with van der Waals surface area (Å²) in [7, 11) is 0. The smallest absolute Gasteiger partial charge is 0.416 e. The van der Waals surface area contributed by atoms with Crippen LogP contribution in [-0.2, 0) is 23.9 Å². The van der Waals surface area contributed by atoms with E-state index in [1.165, 1.54) is 57.1 Å². The fourth-order valence-corrected chi connectivity index (χ4v) is 4.71. The fraction of sp³-hybridized carbons (Fsp3) is 0.516. The van der Waals surface area contributed by atoms with E-state index in [1.54, 1.807) is 11.8 Å².